The number of rotatable bonds is 2. The average Bonchev–Trinajstić information content (AvgIpc) is 2.76. The summed E-state index contributed by atoms with van der Waals surface area (Å²) >= 11 is 1.54. The molecule has 0 aromatic carbocycles. The van der Waals surface area contributed by atoms with Crippen molar-refractivity contribution >= 4 is 17.1 Å². The number of thiazole rings is 1. The molecule has 0 saturated heterocycles. The molecule has 0 bridgehead atoms. The summed E-state index contributed by atoms with van der Waals surface area (Å²) < 4.78 is 0. The Labute approximate surface area is 92.8 Å². The van der Waals surface area contributed by atoms with E-state index in [1.807, 2.05) is 12.3 Å². The summed E-state index contributed by atoms with van der Waals surface area (Å²) in [6, 6.07) is 2.20. The van der Waals surface area contributed by atoms with Gasteiger partial charge in [-0.25, -0.2) is 4.98 Å². The van der Waals surface area contributed by atoms with E-state index >= 15 is 0 Å². The Balaban J connectivity index is 2.23. The van der Waals surface area contributed by atoms with Crippen LogP contribution in [-0.4, -0.2) is 10.8 Å². The monoisotopic (exact) mass is 220 g/mol. The van der Waals surface area contributed by atoms with Gasteiger partial charge in [0.05, 0.1) is 11.1 Å². The van der Waals surface area contributed by atoms with E-state index in [1.165, 1.54) is 11.3 Å². The van der Waals surface area contributed by atoms with Crippen LogP contribution in [0.2, 0.25) is 0 Å². The third-order valence-electron chi connectivity index (χ3n) is 2.87. The van der Waals surface area contributed by atoms with Crippen LogP contribution in [0.1, 0.15) is 30.0 Å². The van der Waals surface area contributed by atoms with Crippen LogP contribution in [0.3, 0.4) is 0 Å². The van der Waals surface area contributed by atoms with Crippen LogP contribution in [0.15, 0.2) is 5.38 Å². The minimum Gasteiger partial charge on any atom is -0.298 e. The Hall–Kier alpha value is -1.21. The summed E-state index contributed by atoms with van der Waals surface area (Å²) in [5.41, 5.74) is 0.193. The highest BCUT2D eigenvalue weighted by Gasteiger charge is 2.42. The molecule has 0 radical (unpaired) electrons. The highest BCUT2D eigenvalue weighted by molar-refractivity contribution is 7.09. The fourth-order valence-corrected chi connectivity index (χ4v) is 2.90. The molecule has 0 amide bonds. The summed E-state index contributed by atoms with van der Waals surface area (Å²) in [6.07, 6.45) is 2.59. The van der Waals surface area contributed by atoms with Gasteiger partial charge in [-0.3, -0.25) is 4.79 Å². The fourth-order valence-electron chi connectivity index (χ4n) is 2.02. The molecule has 3 nitrogen and oxygen atoms in total. The van der Waals surface area contributed by atoms with Crippen LogP contribution in [0.25, 0.3) is 0 Å². The lowest BCUT2D eigenvalue weighted by molar-refractivity contribution is -0.123. The Morgan fingerprint density at radius 1 is 1.73 bits per heavy atom. The molecule has 0 aliphatic heterocycles. The van der Waals surface area contributed by atoms with E-state index in [2.05, 4.69) is 11.1 Å². The van der Waals surface area contributed by atoms with E-state index in [1.54, 1.807) is 0 Å². The van der Waals surface area contributed by atoms with Gasteiger partial charge in [0.2, 0.25) is 0 Å². The first-order valence-electron chi connectivity index (χ1n) is 5.02. The van der Waals surface area contributed by atoms with Crippen LogP contribution in [0.4, 0.5) is 0 Å². The van der Waals surface area contributed by atoms with E-state index in [0.29, 0.717) is 19.3 Å². The van der Waals surface area contributed by atoms with Gasteiger partial charge in [0.25, 0.3) is 0 Å². The van der Waals surface area contributed by atoms with E-state index in [4.69, 9.17) is 5.26 Å². The normalized spacial score (nSPS) is 25.5. The first kappa shape index (κ1) is 10.3. The molecule has 1 saturated carbocycles. The van der Waals surface area contributed by atoms with Gasteiger partial charge in [0.15, 0.2) is 5.78 Å². The highest BCUT2D eigenvalue weighted by Crippen LogP contribution is 2.37. The lowest BCUT2D eigenvalue weighted by Gasteiger charge is -2.16. The number of aryl methyl sites for hydroxylation is 1. The second-order valence-corrected chi connectivity index (χ2v) is 4.97. The Morgan fingerprint density at radius 3 is 3.00 bits per heavy atom. The van der Waals surface area contributed by atoms with Gasteiger partial charge in [-0.15, -0.1) is 11.3 Å². The van der Waals surface area contributed by atoms with Crippen LogP contribution in [-0.2, 0) is 11.2 Å². The quantitative estimate of drug-likeness (QED) is 0.768. The van der Waals surface area contributed by atoms with Crippen LogP contribution < -0.4 is 0 Å². The van der Waals surface area contributed by atoms with Crippen molar-refractivity contribution in [1.29, 1.82) is 5.26 Å². The minimum absolute atomic E-state index is 0.0952. The topological polar surface area (TPSA) is 53.8 Å². The standard InChI is InChI=1S/C11H12N2OS/c1-8-6-15-10(13-8)5-11(7-12)4-2-3-9(11)14/h6H,2-5H2,1H3. The minimum atomic E-state index is -0.774. The van der Waals surface area contributed by atoms with Gasteiger partial charge in [0.1, 0.15) is 5.41 Å². The summed E-state index contributed by atoms with van der Waals surface area (Å²) in [5.74, 6) is 0.0952. The Bertz CT molecular complexity index is 432. The number of carbonyl (C=O) groups is 1. The number of nitriles is 1. The van der Waals surface area contributed by atoms with E-state index in [-0.39, 0.29) is 5.78 Å². The first-order valence-corrected chi connectivity index (χ1v) is 5.90. The third-order valence-corrected chi connectivity index (χ3v) is 3.84. The van der Waals surface area contributed by atoms with E-state index in [9.17, 15) is 4.79 Å². The molecule has 1 aliphatic carbocycles. The molecule has 15 heavy (non-hydrogen) atoms. The molecule has 1 aliphatic rings. The molecule has 0 N–H and O–H groups in total. The Kier molecular flexibility index (Phi) is 2.57. The van der Waals surface area contributed by atoms with Gasteiger partial charge in [-0.2, -0.15) is 5.26 Å². The zero-order valence-electron chi connectivity index (χ0n) is 8.62. The Morgan fingerprint density at radius 2 is 2.53 bits per heavy atom. The molecular formula is C11H12N2OS. The van der Waals surface area contributed by atoms with Crippen molar-refractivity contribution in [3.63, 3.8) is 0 Å². The number of ketones is 1. The fraction of sp³-hybridized carbons (Fsp3) is 0.545. The molecule has 1 unspecified atom stereocenters. The SMILES string of the molecule is Cc1csc(CC2(C#N)CCCC2=O)n1. The average molecular weight is 220 g/mol. The maximum atomic E-state index is 11.7. The number of hydrogen-bond donors (Lipinski definition) is 0. The maximum Gasteiger partial charge on any atom is 0.153 e. The lowest BCUT2D eigenvalue weighted by Crippen LogP contribution is -2.26. The van der Waals surface area contributed by atoms with Gasteiger partial charge < -0.3 is 0 Å². The third kappa shape index (κ3) is 1.80. The highest BCUT2D eigenvalue weighted by atomic mass is 32.1. The van der Waals surface area contributed by atoms with Gasteiger partial charge in [-0.05, 0) is 19.8 Å². The molecule has 0 spiro atoms. The largest absolute Gasteiger partial charge is 0.298 e. The van der Waals surface area contributed by atoms with E-state index in [0.717, 1.165) is 17.1 Å². The summed E-state index contributed by atoms with van der Waals surface area (Å²) in [4.78, 5) is 16.0. The van der Waals surface area contributed by atoms with Crippen LogP contribution in [0.5, 0.6) is 0 Å². The van der Waals surface area contributed by atoms with Crippen molar-refractivity contribution in [2.75, 3.05) is 0 Å². The molecule has 1 fully saturated rings. The van der Waals surface area contributed by atoms with Crippen molar-refractivity contribution < 1.29 is 4.79 Å². The smallest absolute Gasteiger partial charge is 0.153 e. The molecular weight excluding hydrogens is 208 g/mol. The summed E-state index contributed by atoms with van der Waals surface area (Å²) in [6.45, 7) is 1.93. The number of nitrogens with zero attached hydrogens (tertiary/aromatic N) is 2. The van der Waals surface area contributed by atoms with E-state index < -0.39 is 5.41 Å². The first-order chi connectivity index (χ1) is 7.16. The van der Waals surface area contributed by atoms with Crippen molar-refractivity contribution in [1.82, 2.24) is 4.98 Å². The lowest BCUT2D eigenvalue weighted by atomic mass is 9.84. The molecule has 1 aromatic rings. The number of hydrogen-bond acceptors (Lipinski definition) is 4. The predicted molar refractivity (Wildman–Crippen MR) is 57.5 cm³/mol. The second kappa shape index (κ2) is 3.74. The van der Waals surface area contributed by atoms with Crippen molar-refractivity contribution in [3.8, 4) is 6.07 Å². The van der Waals surface area contributed by atoms with Crippen molar-refractivity contribution in [2.45, 2.75) is 32.6 Å². The van der Waals surface area contributed by atoms with Crippen molar-refractivity contribution in [3.05, 3.63) is 16.1 Å². The zero-order valence-corrected chi connectivity index (χ0v) is 9.43. The van der Waals surface area contributed by atoms with Crippen molar-refractivity contribution in [2.24, 2.45) is 5.41 Å². The number of aromatic nitrogens is 1. The number of Topliss-reactive ketones (excluding diaryl/α,β-unsaturated/α-hetero) is 1. The van der Waals surface area contributed by atoms with Crippen LogP contribution >= 0.6 is 11.3 Å². The van der Waals surface area contributed by atoms with Gasteiger partial charge in [-0.1, -0.05) is 0 Å². The summed E-state index contributed by atoms with van der Waals surface area (Å²) in [7, 11) is 0. The molecule has 1 heterocycles. The zero-order chi connectivity index (χ0) is 10.9. The molecule has 4 heteroatoms. The summed E-state index contributed by atoms with van der Waals surface area (Å²) in [5, 5.41) is 12.0. The van der Waals surface area contributed by atoms with Crippen LogP contribution in [0, 0.1) is 23.7 Å². The molecule has 78 valence electrons. The molecule has 1 atom stereocenters. The maximum absolute atomic E-state index is 11.7. The van der Waals surface area contributed by atoms with Gasteiger partial charge >= 0.3 is 0 Å². The number of carbonyl (C=O) groups excluding carboxylic acids is 1. The molecule has 2 rings (SSSR count). The predicted octanol–water partition coefficient (Wildman–Crippen LogP) is 2.26. The molecule has 1 aromatic heterocycles. The second-order valence-electron chi connectivity index (χ2n) is 4.03. The van der Waals surface area contributed by atoms with Gasteiger partial charge in [0, 0.05) is 23.9 Å².